The van der Waals surface area contributed by atoms with E-state index in [0.717, 1.165) is 36.3 Å². The van der Waals surface area contributed by atoms with Crippen LogP contribution in [-0.2, 0) is 6.54 Å². The SMILES string of the molecule is C[C@H]1CN(Cc2nc(-c3ccc(-c4ccncn4)cc3)no2)CC[C@H]1O. The maximum Gasteiger partial charge on any atom is 0.241 e. The van der Waals surface area contributed by atoms with E-state index in [4.69, 9.17) is 4.52 Å². The number of likely N-dealkylation sites (tertiary alicyclic amines) is 1. The van der Waals surface area contributed by atoms with Gasteiger partial charge in [-0.2, -0.15) is 4.98 Å². The second kappa shape index (κ2) is 7.31. The Balaban J connectivity index is 1.44. The average Bonchev–Trinajstić information content (AvgIpc) is 3.14. The topological polar surface area (TPSA) is 88.2 Å². The molecule has 4 rings (SSSR count). The lowest BCUT2D eigenvalue weighted by Crippen LogP contribution is -2.41. The number of nitrogens with zero attached hydrogens (tertiary/aromatic N) is 5. The Hall–Kier alpha value is -2.64. The summed E-state index contributed by atoms with van der Waals surface area (Å²) >= 11 is 0. The van der Waals surface area contributed by atoms with Crippen molar-refractivity contribution < 1.29 is 9.63 Å². The van der Waals surface area contributed by atoms with Gasteiger partial charge in [0.25, 0.3) is 0 Å². The van der Waals surface area contributed by atoms with E-state index in [9.17, 15) is 5.11 Å². The van der Waals surface area contributed by atoms with Crippen molar-refractivity contribution >= 4 is 0 Å². The van der Waals surface area contributed by atoms with Gasteiger partial charge in [0.15, 0.2) is 0 Å². The first-order chi connectivity index (χ1) is 12.7. The number of hydrogen-bond donors (Lipinski definition) is 1. The molecule has 1 aromatic carbocycles. The number of piperidine rings is 1. The van der Waals surface area contributed by atoms with Crippen molar-refractivity contribution in [3.05, 3.63) is 48.7 Å². The average molecular weight is 351 g/mol. The number of hydrogen-bond acceptors (Lipinski definition) is 7. The van der Waals surface area contributed by atoms with E-state index in [-0.39, 0.29) is 12.0 Å². The molecule has 0 amide bonds. The Kier molecular flexibility index (Phi) is 4.73. The maximum atomic E-state index is 9.83. The minimum atomic E-state index is -0.210. The van der Waals surface area contributed by atoms with Crippen molar-refractivity contribution in [3.8, 4) is 22.6 Å². The minimum Gasteiger partial charge on any atom is -0.393 e. The fourth-order valence-electron chi connectivity index (χ4n) is 3.24. The molecule has 0 aliphatic carbocycles. The number of benzene rings is 1. The first-order valence-electron chi connectivity index (χ1n) is 8.79. The molecule has 1 saturated heterocycles. The van der Waals surface area contributed by atoms with E-state index < -0.39 is 0 Å². The van der Waals surface area contributed by atoms with Crippen LogP contribution in [0.4, 0.5) is 0 Å². The highest BCUT2D eigenvalue weighted by molar-refractivity contribution is 5.64. The van der Waals surface area contributed by atoms with Crippen LogP contribution in [0.5, 0.6) is 0 Å². The molecule has 2 aromatic heterocycles. The summed E-state index contributed by atoms with van der Waals surface area (Å²) in [4.78, 5) is 14.9. The molecule has 134 valence electrons. The Morgan fingerprint density at radius 2 is 2.00 bits per heavy atom. The summed E-state index contributed by atoms with van der Waals surface area (Å²) in [6, 6.07) is 9.78. The van der Waals surface area contributed by atoms with Gasteiger partial charge in [0, 0.05) is 30.4 Å². The summed E-state index contributed by atoms with van der Waals surface area (Å²) in [5, 5.41) is 13.9. The molecule has 3 heterocycles. The third-order valence-corrected chi connectivity index (χ3v) is 4.79. The van der Waals surface area contributed by atoms with Crippen LogP contribution in [-0.4, -0.2) is 49.3 Å². The van der Waals surface area contributed by atoms with E-state index in [2.05, 4.69) is 31.9 Å². The fourth-order valence-corrected chi connectivity index (χ4v) is 3.24. The van der Waals surface area contributed by atoms with E-state index in [0.29, 0.717) is 18.3 Å². The van der Waals surface area contributed by atoms with Gasteiger partial charge in [-0.1, -0.05) is 36.3 Å². The predicted molar refractivity (Wildman–Crippen MR) is 95.8 cm³/mol. The zero-order valence-corrected chi connectivity index (χ0v) is 14.6. The van der Waals surface area contributed by atoms with Crippen LogP contribution in [0.2, 0.25) is 0 Å². The van der Waals surface area contributed by atoms with Crippen LogP contribution in [0.15, 0.2) is 47.4 Å². The third kappa shape index (κ3) is 3.63. The van der Waals surface area contributed by atoms with Crippen LogP contribution in [0.3, 0.4) is 0 Å². The molecule has 0 unspecified atom stereocenters. The van der Waals surface area contributed by atoms with Crippen LogP contribution in [0.1, 0.15) is 19.2 Å². The van der Waals surface area contributed by atoms with Crippen molar-refractivity contribution in [1.82, 2.24) is 25.0 Å². The fraction of sp³-hybridized carbons (Fsp3) is 0.368. The van der Waals surface area contributed by atoms with Crippen LogP contribution >= 0.6 is 0 Å². The van der Waals surface area contributed by atoms with Gasteiger partial charge < -0.3 is 9.63 Å². The van der Waals surface area contributed by atoms with Gasteiger partial charge in [0.1, 0.15) is 6.33 Å². The number of aliphatic hydroxyl groups excluding tert-OH is 1. The molecule has 1 fully saturated rings. The first-order valence-corrected chi connectivity index (χ1v) is 8.79. The van der Waals surface area contributed by atoms with Crippen LogP contribution in [0.25, 0.3) is 22.6 Å². The molecule has 3 aromatic rings. The van der Waals surface area contributed by atoms with Crippen molar-refractivity contribution in [3.63, 3.8) is 0 Å². The monoisotopic (exact) mass is 351 g/mol. The molecule has 2 atom stereocenters. The molecule has 0 radical (unpaired) electrons. The molecule has 0 bridgehead atoms. The molecule has 0 saturated carbocycles. The highest BCUT2D eigenvalue weighted by Gasteiger charge is 2.25. The summed E-state index contributed by atoms with van der Waals surface area (Å²) in [6.07, 6.45) is 3.84. The van der Waals surface area contributed by atoms with E-state index >= 15 is 0 Å². The maximum absolute atomic E-state index is 9.83. The summed E-state index contributed by atoms with van der Waals surface area (Å²) in [7, 11) is 0. The second-order valence-corrected chi connectivity index (χ2v) is 6.75. The lowest BCUT2D eigenvalue weighted by atomic mass is 9.97. The molecule has 1 aliphatic rings. The zero-order valence-electron chi connectivity index (χ0n) is 14.6. The Bertz CT molecular complexity index is 850. The second-order valence-electron chi connectivity index (χ2n) is 6.75. The Morgan fingerprint density at radius 1 is 1.19 bits per heavy atom. The molecule has 7 nitrogen and oxygen atoms in total. The van der Waals surface area contributed by atoms with Gasteiger partial charge in [0.2, 0.25) is 11.7 Å². The lowest BCUT2D eigenvalue weighted by molar-refractivity contribution is 0.0282. The molecule has 1 aliphatic heterocycles. The molecular weight excluding hydrogens is 330 g/mol. The predicted octanol–water partition coefficient (Wildman–Crippen LogP) is 2.40. The summed E-state index contributed by atoms with van der Waals surface area (Å²) < 4.78 is 5.41. The highest BCUT2D eigenvalue weighted by atomic mass is 16.5. The highest BCUT2D eigenvalue weighted by Crippen LogP contribution is 2.23. The van der Waals surface area contributed by atoms with Crippen LogP contribution < -0.4 is 0 Å². The van der Waals surface area contributed by atoms with E-state index in [1.165, 1.54) is 6.33 Å². The van der Waals surface area contributed by atoms with Crippen molar-refractivity contribution in [1.29, 1.82) is 0 Å². The minimum absolute atomic E-state index is 0.210. The van der Waals surface area contributed by atoms with Gasteiger partial charge in [0.05, 0.1) is 18.3 Å². The van der Waals surface area contributed by atoms with Gasteiger partial charge in [-0.25, -0.2) is 9.97 Å². The van der Waals surface area contributed by atoms with Gasteiger partial charge >= 0.3 is 0 Å². The largest absolute Gasteiger partial charge is 0.393 e. The normalized spacial score (nSPS) is 21.0. The quantitative estimate of drug-likeness (QED) is 0.772. The van der Waals surface area contributed by atoms with Gasteiger partial charge in [-0.15, -0.1) is 0 Å². The third-order valence-electron chi connectivity index (χ3n) is 4.79. The van der Waals surface area contributed by atoms with Crippen molar-refractivity contribution in [2.45, 2.75) is 26.0 Å². The Labute approximate surface area is 151 Å². The standard InChI is InChI=1S/C19H21N5O2/c1-13-10-24(9-7-17(13)25)11-18-22-19(23-26-18)15-4-2-14(3-5-15)16-6-8-20-12-21-16/h2-6,8,12-13,17,25H,7,9-11H2,1H3/t13-,17+/m0/s1. The molecule has 0 spiro atoms. The first kappa shape index (κ1) is 16.8. The lowest BCUT2D eigenvalue weighted by Gasteiger charge is -2.33. The molecular formula is C19H21N5O2. The molecule has 7 heteroatoms. The number of aromatic nitrogens is 4. The molecule has 1 N–H and O–H groups in total. The molecule has 26 heavy (non-hydrogen) atoms. The summed E-state index contributed by atoms with van der Waals surface area (Å²) in [5.74, 6) is 1.45. The van der Waals surface area contributed by atoms with Gasteiger partial charge in [-0.3, -0.25) is 4.90 Å². The van der Waals surface area contributed by atoms with Gasteiger partial charge in [-0.05, 0) is 18.4 Å². The smallest absolute Gasteiger partial charge is 0.241 e. The summed E-state index contributed by atoms with van der Waals surface area (Å²) in [5.41, 5.74) is 2.79. The zero-order chi connectivity index (χ0) is 17.9. The van der Waals surface area contributed by atoms with Crippen molar-refractivity contribution in [2.24, 2.45) is 5.92 Å². The van der Waals surface area contributed by atoms with E-state index in [1.54, 1.807) is 6.20 Å². The van der Waals surface area contributed by atoms with Crippen molar-refractivity contribution in [2.75, 3.05) is 13.1 Å². The summed E-state index contributed by atoms with van der Waals surface area (Å²) in [6.45, 7) is 4.36. The van der Waals surface area contributed by atoms with Crippen LogP contribution in [0, 0.1) is 5.92 Å². The number of rotatable bonds is 4. The van der Waals surface area contributed by atoms with E-state index in [1.807, 2.05) is 30.3 Å². The Morgan fingerprint density at radius 3 is 2.73 bits per heavy atom. The number of aliphatic hydroxyl groups is 1.